The van der Waals surface area contributed by atoms with Crippen molar-refractivity contribution in [1.82, 2.24) is 20.0 Å². The molecule has 2 aliphatic heterocycles. The van der Waals surface area contributed by atoms with E-state index in [2.05, 4.69) is 34.5 Å². The highest BCUT2D eigenvalue weighted by molar-refractivity contribution is 6.03. The maximum Gasteiger partial charge on any atom is 0.325 e. The van der Waals surface area contributed by atoms with Gasteiger partial charge < -0.3 is 9.80 Å². The second-order valence-electron chi connectivity index (χ2n) is 6.86. The van der Waals surface area contributed by atoms with Crippen molar-refractivity contribution < 1.29 is 14.4 Å². The summed E-state index contributed by atoms with van der Waals surface area (Å²) < 4.78 is 0. The van der Waals surface area contributed by atoms with Crippen molar-refractivity contribution in [1.29, 1.82) is 0 Å². The molecule has 0 spiro atoms. The highest BCUT2D eigenvalue weighted by Crippen LogP contribution is 2.19. The van der Waals surface area contributed by atoms with Crippen LogP contribution in [0.1, 0.15) is 12.0 Å². The number of urea groups is 1. The maximum atomic E-state index is 12.3. The van der Waals surface area contributed by atoms with E-state index in [1.54, 1.807) is 11.9 Å². The Balaban J connectivity index is 1.44. The summed E-state index contributed by atoms with van der Waals surface area (Å²) in [6.07, 6.45) is 1.06. The Hall–Kier alpha value is -2.41. The second kappa shape index (κ2) is 7.65. The van der Waals surface area contributed by atoms with Crippen molar-refractivity contribution in [2.24, 2.45) is 5.92 Å². The fraction of sp³-hybridized carbons (Fsp3) is 0.500. The third-order valence-electron chi connectivity index (χ3n) is 4.77. The van der Waals surface area contributed by atoms with E-state index in [0.717, 1.165) is 26.1 Å². The lowest BCUT2D eigenvalue weighted by atomic mass is 10.1. The number of carbonyl (C=O) groups excluding carboxylic acids is 3. The van der Waals surface area contributed by atoms with Gasteiger partial charge in [-0.1, -0.05) is 30.3 Å². The molecule has 0 aliphatic carbocycles. The second-order valence-corrected chi connectivity index (χ2v) is 6.86. The van der Waals surface area contributed by atoms with Crippen LogP contribution in [0.5, 0.6) is 0 Å². The van der Waals surface area contributed by atoms with Crippen molar-refractivity contribution in [3.8, 4) is 0 Å². The van der Waals surface area contributed by atoms with Crippen LogP contribution in [-0.2, 0) is 16.1 Å². The maximum absolute atomic E-state index is 12.3. The van der Waals surface area contributed by atoms with Gasteiger partial charge in [0.05, 0.1) is 0 Å². The first-order chi connectivity index (χ1) is 12.0. The molecule has 134 valence electrons. The lowest BCUT2D eigenvalue weighted by Gasteiger charge is -2.23. The first-order valence-corrected chi connectivity index (χ1v) is 8.60. The van der Waals surface area contributed by atoms with E-state index >= 15 is 0 Å². The van der Waals surface area contributed by atoms with Crippen LogP contribution in [0.4, 0.5) is 4.79 Å². The molecular formula is C18H24N4O3. The summed E-state index contributed by atoms with van der Waals surface area (Å²) in [4.78, 5) is 40.3. The smallest absolute Gasteiger partial charge is 0.325 e. The van der Waals surface area contributed by atoms with Gasteiger partial charge in [0.2, 0.25) is 11.8 Å². The average molecular weight is 344 g/mol. The summed E-state index contributed by atoms with van der Waals surface area (Å²) in [5.74, 6) is -0.0501. The molecule has 7 nitrogen and oxygen atoms in total. The third-order valence-corrected chi connectivity index (χ3v) is 4.77. The molecule has 0 radical (unpaired) electrons. The van der Waals surface area contributed by atoms with Crippen LogP contribution >= 0.6 is 0 Å². The van der Waals surface area contributed by atoms with Crippen LogP contribution in [-0.4, -0.2) is 72.3 Å². The summed E-state index contributed by atoms with van der Waals surface area (Å²) in [5.41, 5.74) is 1.30. The Labute approximate surface area is 147 Å². The molecule has 0 unspecified atom stereocenters. The molecule has 2 fully saturated rings. The van der Waals surface area contributed by atoms with Crippen LogP contribution < -0.4 is 5.32 Å². The summed E-state index contributed by atoms with van der Waals surface area (Å²) in [6, 6.07) is 9.90. The Kier molecular flexibility index (Phi) is 5.33. The minimum atomic E-state index is -0.485. The molecule has 1 N–H and O–H groups in total. The predicted molar refractivity (Wildman–Crippen MR) is 92.6 cm³/mol. The summed E-state index contributed by atoms with van der Waals surface area (Å²) in [7, 11) is 1.76. The predicted octanol–water partition coefficient (Wildman–Crippen LogP) is 0.519. The van der Waals surface area contributed by atoms with Crippen molar-refractivity contribution in [2.45, 2.75) is 13.0 Å². The SMILES string of the molecule is CN(C[C@@H]1CCN(Cc2ccccc2)C1)C(=O)CN1CC(=O)NC1=O. The molecule has 1 aromatic rings. The number of benzene rings is 1. The van der Waals surface area contributed by atoms with Crippen LogP contribution in [0.25, 0.3) is 0 Å². The molecule has 2 saturated heterocycles. The van der Waals surface area contributed by atoms with E-state index in [9.17, 15) is 14.4 Å². The van der Waals surface area contributed by atoms with Crippen LogP contribution in [0, 0.1) is 5.92 Å². The van der Waals surface area contributed by atoms with E-state index in [0.29, 0.717) is 12.5 Å². The summed E-state index contributed by atoms with van der Waals surface area (Å²) in [6.45, 7) is 3.53. The van der Waals surface area contributed by atoms with E-state index in [1.165, 1.54) is 10.5 Å². The fourth-order valence-electron chi connectivity index (χ4n) is 3.43. The third kappa shape index (κ3) is 4.57. The number of nitrogens with zero attached hydrogens (tertiary/aromatic N) is 3. The number of nitrogens with one attached hydrogen (secondary N) is 1. The topological polar surface area (TPSA) is 73.0 Å². The standard InChI is InChI=1S/C18H24N4O3/c1-20(17(24)13-22-12-16(23)19-18(22)25)9-15-7-8-21(11-15)10-14-5-3-2-4-6-14/h2-6,15H,7-13H2,1H3,(H,19,23,25)/t15-/m0/s1. The van der Waals surface area contributed by atoms with Crippen molar-refractivity contribution in [2.75, 3.05) is 39.8 Å². The molecule has 1 aromatic carbocycles. The number of likely N-dealkylation sites (tertiary alicyclic amines) is 1. The number of likely N-dealkylation sites (N-methyl/N-ethyl adjacent to an activating group) is 1. The summed E-state index contributed by atoms with van der Waals surface area (Å²) >= 11 is 0. The quantitative estimate of drug-likeness (QED) is 0.764. The number of hydrogen-bond donors (Lipinski definition) is 1. The number of imide groups is 1. The highest BCUT2D eigenvalue weighted by atomic mass is 16.2. The number of amides is 4. The average Bonchev–Trinajstić information content (AvgIpc) is 3.14. The van der Waals surface area contributed by atoms with Gasteiger partial charge in [0, 0.05) is 26.7 Å². The van der Waals surface area contributed by atoms with Gasteiger partial charge in [0.1, 0.15) is 13.1 Å². The molecule has 3 rings (SSSR count). The van der Waals surface area contributed by atoms with Gasteiger partial charge in [-0.3, -0.25) is 19.8 Å². The Bertz CT molecular complexity index is 649. The van der Waals surface area contributed by atoms with Gasteiger partial charge in [-0.15, -0.1) is 0 Å². The van der Waals surface area contributed by atoms with Crippen molar-refractivity contribution >= 4 is 17.8 Å². The molecule has 1 atom stereocenters. The zero-order chi connectivity index (χ0) is 17.8. The van der Waals surface area contributed by atoms with Gasteiger partial charge in [-0.25, -0.2) is 4.79 Å². The lowest BCUT2D eigenvalue weighted by Crippen LogP contribution is -2.41. The molecule has 0 saturated carbocycles. The molecule has 0 bridgehead atoms. The molecule has 7 heteroatoms. The Morgan fingerprint density at radius 2 is 2.04 bits per heavy atom. The van der Waals surface area contributed by atoms with Crippen LogP contribution in [0.2, 0.25) is 0 Å². The van der Waals surface area contributed by atoms with Gasteiger partial charge in [-0.05, 0) is 24.4 Å². The highest BCUT2D eigenvalue weighted by Gasteiger charge is 2.30. The minimum Gasteiger partial charge on any atom is -0.344 e. The van der Waals surface area contributed by atoms with Crippen LogP contribution in [0.15, 0.2) is 30.3 Å². The number of rotatable bonds is 6. The molecular weight excluding hydrogens is 320 g/mol. The van der Waals surface area contributed by atoms with Gasteiger partial charge in [0.15, 0.2) is 0 Å². The monoisotopic (exact) mass is 344 g/mol. The fourth-order valence-corrected chi connectivity index (χ4v) is 3.43. The summed E-state index contributed by atoms with van der Waals surface area (Å²) in [5, 5.41) is 2.18. The number of hydrogen-bond acceptors (Lipinski definition) is 4. The van der Waals surface area contributed by atoms with E-state index in [-0.39, 0.29) is 24.9 Å². The van der Waals surface area contributed by atoms with Gasteiger partial charge >= 0.3 is 6.03 Å². The largest absolute Gasteiger partial charge is 0.344 e. The minimum absolute atomic E-state index is 0.0350. The van der Waals surface area contributed by atoms with Gasteiger partial charge in [-0.2, -0.15) is 0 Å². The van der Waals surface area contributed by atoms with E-state index < -0.39 is 6.03 Å². The Morgan fingerprint density at radius 3 is 2.72 bits per heavy atom. The van der Waals surface area contributed by atoms with E-state index in [4.69, 9.17) is 0 Å². The van der Waals surface area contributed by atoms with Crippen LogP contribution in [0.3, 0.4) is 0 Å². The van der Waals surface area contributed by atoms with Crippen molar-refractivity contribution in [3.05, 3.63) is 35.9 Å². The first kappa shape index (κ1) is 17.4. The molecule has 25 heavy (non-hydrogen) atoms. The zero-order valence-corrected chi connectivity index (χ0v) is 14.5. The Morgan fingerprint density at radius 1 is 1.28 bits per heavy atom. The molecule has 2 heterocycles. The first-order valence-electron chi connectivity index (χ1n) is 8.60. The lowest BCUT2D eigenvalue weighted by molar-refractivity contribution is -0.131. The van der Waals surface area contributed by atoms with Crippen molar-refractivity contribution in [3.63, 3.8) is 0 Å². The van der Waals surface area contributed by atoms with Gasteiger partial charge in [0.25, 0.3) is 0 Å². The van der Waals surface area contributed by atoms with E-state index in [1.807, 2.05) is 6.07 Å². The molecule has 4 amide bonds. The number of carbonyl (C=O) groups is 3. The normalized spacial score (nSPS) is 20.8. The molecule has 0 aromatic heterocycles. The molecule has 2 aliphatic rings. The zero-order valence-electron chi connectivity index (χ0n) is 14.5.